The second-order valence-corrected chi connectivity index (χ2v) is 5.39. The largest absolute Gasteiger partial charge is 0.378 e. The fourth-order valence-corrected chi connectivity index (χ4v) is 2.71. The van der Waals surface area contributed by atoms with Crippen LogP contribution in [0.3, 0.4) is 0 Å². The van der Waals surface area contributed by atoms with Crippen LogP contribution < -0.4 is 10.6 Å². The molecule has 1 aromatic rings. The van der Waals surface area contributed by atoms with Crippen molar-refractivity contribution in [3.8, 4) is 0 Å². The van der Waals surface area contributed by atoms with Crippen molar-refractivity contribution >= 4 is 5.69 Å². The van der Waals surface area contributed by atoms with E-state index >= 15 is 0 Å². The zero-order valence-electron chi connectivity index (χ0n) is 12.1. The number of hydrogen-bond acceptors (Lipinski definition) is 3. The van der Waals surface area contributed by atoms with Crippen molar-refractivity contribution < 1.29 is 9.13 Å². The van der Waals surface area contributed by atoms with Crippen molar-refractivity contribution in [2.75, 3.05) is 31.1 Å². The lowest BCUT2D eigenvalue weighted by atomic mass is 10.1. The van der Waals surface area contributed by atoms with E-state index in [0.29, 0.717) is 12.6 Å². The number of benzene rings is 1. The van der Waals surface area contributed by atoms with Gasteiger partial charge < -0.3 is 15.4 Å². The van der Waals surface area contributed by atoms with Crippen LogP contribution in [0.25, 0.3) is 0 Å². The van der Waals surface area contributed by atoms with Crippen LogP contribution in [0.15, 0.2) is 24.3 Å². The van der Waals surface area contributed by atoms with Crippen LogP contribution in [0.5, 0.6) is 0 Å². The molecule has 4 heteroatoms. The summed E-state index contributed by atoms with van der Waals surface area (Å²) in [6.07, 6.45) is 5.89. The van der Waals surface area contributed by atoms with E-state index < -0.39 is 0 Å². The summed E-state index contributed by atoms with van der Waals surface area (Å²) in [4.78, 5) is 2.23. The molecule has 112 valence electrons. The zero-order chi connectivity index (χ0) is 14.2. The Morgan fingerprint density at radius 2 is 2.15 bits per heavy atom. The molecule has 2 rings (SSSR count). The van der Waals surface area contributed by atoms with Gasteiger partial charge >= 0.3 is 0 Å². The minimum Gasteiger partial charge on any atom is -0.378 e. The van der Waals surface area contributed by atoms with E-state index in [4.69, 9.17) is 10.5 Å². The second kappa shape index (κ2) is 8.22. The van der Waals surface area contributed by atoms with Crippen molar-refractivity contribution in [1.29, 1.82) is 0 Å². The lowest BCUT2D eigenvalue weighted by Gasteiger charge is -2.25. The average Bonchev–Trinajstić information content (AvgIpc) is 2.96. The summed E-state index contributed by atoms with van der Waals surface area (Å²) in [5.74, 6) is -0.181. The Hall–Kier alpha value is -1.13. The molecule has 0 bridgehead atoms. The highest BCUT2D eigenvalue weighted by Crippen LogP contribution is 2.20. The lowest BCUT2D eigenvalue weighted by molar-refractivity contribution is 0.103. The minimum atomic E-state index is -0.181. The maximum Gasteiger partial charge on any atom is 0.125 e. The van der Waals surface area contributed by atoms with Crippen molar-refractivity contribution in [1.82, 2.24) is 0 Å². The average molecular weight is 280 g/mol. The Bertz CT molecular complexity index is 394. The quantitative estimate of drug-likeness (QED) is 0.795. The molecule has 1 fully saturated rings. The predicted octanol–water partition coefficient (Wildman–Crippen LogP) is 2.94. The number of rotatable bonds is 8. The SMILES string of the molecule is NCCCN(CCCC1CCCO1)c1cccc(F)c1. The van der Waals surface area contributed by atoms with Crippen molar-refractivity contribution in [3.63, 3.8) is 0 Å². The molecule has 1 aromatic carbocycles. The summed E-state index contributed by atoms with van der Waals surface area (Å²) >= 11 is 0. The molecule has 3 nitrogen and oxygen atoms in total. The first kappa shape index (κ1) is 15.3. The molecule has 1 unspecified atom stereocenters. The number of halogens is 1. The summed E-state index contributed by atoms with van der Waals surface area (Å²) in [5.41, 5.74) is 6.54. The molecule has 1 saturated heterocycles. The summed E-state index contributed by atoms with van der Waals surface area (Å²) in [6, 6.07) is 6.81. The highest BCUT2D eigenvalue weighted by atomic mass is 19.1. The van der Waals surface area contributed by atoms with Gasteiger partial charge in [0.25, 0.3) is 0 Å². The molecule has 1 heterocycles. The number of hydrogen-bond donors (Lipinski definition) is 1. The standard InChI is InChI=1S/C16H25FN2O/c17-14-5-1-6-15(13-14)19(11-4-9-18)10-2-7-16-8-3-12-20-16/h1,5-6,13,16H,2-4,7-12,18H2. The molecule has 20 heavy (non-hydrogen) atoms. The van der Waals surface area contributed by atoms with Gasteiger partial charge in [-0.05, 0) is 56.8 Å². The maximum absolute atomic E-state index is 13.3. The van der Waals surface area contributed by atoms with Crippen LogP contribution in [-0.2, 0) is 4.74 Å². The highest BCUT2D eigenvalue weighted by Gasteiger charge is 2.15. The van der Waals surface area contributed by atoms with Gasteiger partial charge in [0.1, 0.15) is 5.82 Å². The predicted molar refractivity (Wildman–Crippen MR) is 80.5 cm³/mol. The molecule has 0 aromatic heterocycles. The number of nitrogens with two attached hydrogens (primary N) is 1. The third kappa shape index (κ3) is 4.76. The molecule has 2 N–H and O–H groups in total. The minimum absolute atomic E-state index is 0.181. The van der Waals surface area contributed by atoms with E-state index in [2.05, 4.69) is 4.90 Å². The van der Waals surface area contributed by atoms with Gasteiger partial charge in [-0.3, -0.25) is 0 Å². The third-order valence-corrected chi connectivity index (χ3v) is 3.78. The maximum atomic E-state index is 13.3. The van der Waals surface area contributed by atoms with E-state index in [-0.39, 0.29) is 5.82 Å². The monoisotopic (exact) mass is 280 g/mol. The Morgan fingerprint density at radius 3 is 2.85 bits per heavy atom. The van der Waals surface area contributed by atoms with Crippen LogP contribution >= 0.6 is 0 Å². The van der Waals surface area contributed by atoms with Gasteiger partial charge in [-0.25, -0.2) is 4.39 Å². The van der Waals surface area contributed by atoms with Gasteiger partial charge in [0, 0.05) is 25.4 Å². The van der Waals surface area contributed by atoms with E-state index in [1.54, 1.807) is 12.1 Å². The van der Waals surface area contributed by atoms with Crippen molar-refractivity contribution in [2.24, 2.45) is 5.73 Å². The van der Waals surface area contributed by atoms with Crippen LogP contribution in [0.2, 0.25) is 0 Å². The van der Waals surface area contributed by atoms with E-state index in [1.165, 1.54) is 18.9 Å². The Kier molecular flexibility index (Phi) is 6.27. The molecular weight excluding hydrogens is 255 g/mol. The topological polar surface area (TPSA) is 38.5 Å². The molecular formula is C16H25FN2O. The molecule has 0 saturated carbocycles. The van der Waals surface area contributed by atoms with E-state index in [1.807, 2.05) is 6.07 Å². The molecule has 1 atom stereocenters. The Balaban J connectivity index is 1.85. The fourth-order valence-electron chi connectivity index (χ4n) is 2.71. The molecule has 1 aliphatic heterocycles. The smallest absolute Gasteiger partial charge is 0.125 e. The van der Waals surface area contributed by atoms with Gasteiger partial charge in [-0.2, -0.15) is 0 Å². The first-order valence-electron chi connectivity index (χ1n) is 7.62. The number of anilines is 1. The van der Waals surface area contributed by atoms with Crippen LogP contribution in [0, 0.1) is 5.82 Å². The Morgan fingerprint density at radius 1 is 1.30 bits per heavy atom. The molecule has 0 radical (unpaired) electrons. The van der Waals surface area contributed by atoms with Crippen LogP contribution in [-0.4, -0.2) is 32.3 Å². The Labute approximate surface area is 120 Å². The summed E-state index contributed by atoms with van der Waals surface area (Å²) < 4.78 is 19.0. The summed E-state index contributed by atoms with van der Waals surface area (Å²) in [7, 11) is 0. The summed E-state index contributed by atoms with van der Waals surface area (Å²) in [5, 5.41) is 0. The lowest BCUT2D eigenvalue weighted by Crippen LogP contribution is -2.28. The van der Waals surface area contributed by atoms with Crippen molar-refractivity contribution in [2.45, 2.75) is 38.2 Å². The van der Waals surface area contributed by atoms with Gasteiger partial charge in [0.2, 0.25) is 0 Å². The normalized spacial score (nSPS) is 18.4. The van der Waals surface area contributed by atoms with Gasteiger partial charge in [-0.15, -0.1) is 0 Å². The van der Waals surface area contributed by atoms with Gasteiger partial charge in [-0.1, -0.05) is 6.07 Å². The van der Waals surface area contributed by atoms with Gasteiger partial charge in [0.05, 0.1) is 6.10 Å². The zero-order valence-corrected chi connectivity index (χ0v) is 12.1. The fraction of sp³-hybridized carbons (Fsp3) is 0.625. The first-order chi connectivity index (χ1) is 9.79. The van der Waals surface area contributed by atoms with Crippen LogP contribution in [0.4, 0.5) is 10.1 Å². The molecule has 0 aliphatic carbocycles. The third-order valence-electron chi connectivity index (χ3n) is 3.78. The molecule has 0 amide bonds. The second-order valence-electron chi connectivity index (χ2n) is 5.39. The first-order valence-corrected chi connectivity index (χ1v) is 7.62. The van der Waals surface area contributed by atoms with Crippen molar-refractivity contribution in [3.05, 3.63) is 30.1 Å². The molecule has 1 aliphatic rings. The van der Waals surface area contributed by atoms with E-state index in [9.17, 15) is 4.39 Å². The number of nitrogens with zero attached hydrogens (tertiary/aromatic N) is 1. The number of ether oxygens (including phenoxy) is 1. The highest BCUT2D eigenvalue weighted by molar-refractivity contribution is 5.46. The molecule has 0 spiro atoms. The van der Waals surface area contributed by atoms with Crippen LogP contribution in [0.1, 0.15) is 32.1 Å². The van der Waals surface area contributed by atoms with E-state index in [0.717, 1.165) is 44.6 Å². The summed E-state index contributed by atoms with van der Waals surface area (Å²) in [6.45, 7) is 3.39. The van der Waals surface area contributed by atoms with Gasteiger partial charge in [0.15, 0.2) is 0 Å².